The Hall–Kier alpha value is -1.07. The maximum atomic E-state index is 12.0. The first-order valence-corrected chi connectivity index (χ1v) is 8.84. The van der Waals surface area contributed by atoms with Crippen molar-refractivity contribution in [1.29, 1.82) is 0 Å². The third-order valence-electron chi connectivity index (χ3n) is 3.85. The van der Waals surface area contributed by atoms with Gasteiger partial charge in [0.2, 0.25) is 0 Å². The summed E-state index contributed by atoms with van der Waals surface area (Å²) >= 11 is 6.38. The molecule has 0 aromatic heterocycles. The van der Waals surface area contributed by atoms with E-state index in [1.54, 1.807) is 18.2 Å². The predicted molar refractivity (Wildman–Crippen MR) is 79.8 cm³/mol. The van der Waals surface area contributed by atoms with Crippen molar-refractivity contribution in [3.05, 3.63) is 29.8 Å². The minimum Gasteiger partial charge on any atom is -0.263 e. The summed E-state index contributed by atoms with van der Waals surface area (Å²) in [6.45, 7) is 0. The number of amidine groups is 1. The van der Waals surface area contributed by atoms with E-state index in [0.29, 0.717) is 16.3 Å². The van der Waals surface area contributed by atoms with E-state index in [1.807, 2.05) is 6.07 Å². The average Bonchev–Trinajstić information content (AvgIpc) is 2.56. The molecule has 0 bridgehead atoms. The Morgan fingerprint density at radius 3 is 2.75 bits per heavy atom. The molecule has 4 nitrogen and oxygen atoms in total. The number of benzene rings is 1. The number of halogens is 1. The fraction of sp³-hybridized carbons (Fsp3) is 0.500. The van der Waals surface area contributed by atoms with E-state index in [-0.39, 0.29) is 11.4 Å². The summed E-state index contributed by atoms with van der Waals surface area (Å²) in [6, 6.07) is 6.92. The molecule has 2 unspecified atom stereocenters. The number of sulfonamides is 1. The highest BCUT2D eigenvalue weighted by molar-refractivity contribution is 7.90. The molecule has 0 spiro atoms. The van der Waals surface area contributed by atoms with E-state index in [1.165, 1.54) is 6.42 Å². The Kier molecular flexibility index (Phi) is 3.73. The maximum absolute atomic E-state index is 12.0. The van der Waals surface area contributed by atoms with Crippen molar-refractivity contribution in [2.24, 2.45) is 4.99 Å². The van der Waals surface area contributed by atoms with Crippen LogP contribution in [-0.2, 0) is 10.0 Å². The predicted octanol–water partition coefficient (Wildman–Crippen LogP) is 2.67. The first kappa shape index (κ1) is 13.9. The SMILES string of the molecule is O=S1(=O)NC(=NC2CCCCCC2Cl)c2ccccc21. The molecular weight excluding hydrogens is 296 g/mol. The lowest BCUT2D eigenvalue weighted by Crippen LogP contribution is -2.26. The Morgan fingerprint density at radius 1 is 1.15 bits per heavy atom. The molecule has 1 aromatic carbocycles. The van der Waals surface area contributed by atoms with Gasteiger partial charge in [0.1, 0.15) is 5.84 Å². The number of fused-ring (bicyclic) bond motifs is 1. The van der Waals surface area contributed by atoms with Gasteiger partial charge in [-0.2, -0.15) is 0 Å². The maximum Gasteiger partial charge on any atom is 0.263 e. The molecule has 2 aliphatic rings. The van der Waals surface area contributed by atoms with Crippen molar-refractivity contribution in [3.8, 4) is 0 Å². The van der Waals surface area contributed by atoms with Crippen LogP contribution in [-0.4, -0.2) is 25.7 Å². The summed E-state index contributed by atoms with van der Waals surface area (Å²) in [4.78, 5) is 4.91. The molecule has 1 heterocycles. The van der Waals surface area contributed by atoms with Crippen LogP contribution in [0.3, 0.4) is 0 Å². The highest BCUT2D eigenvalue weighted by Gasteiger charge is 2.32. The number of hydrogen-bond donors (Lipinski definition) is 1. The molecule has 108 valence electrons. The lowest BCUT2D eigenvalue weighted by Gasteiger charge is -2.15. The zero-order chi connectivity index (χ0) is 14.2. The number of nitrogens with zero attached hydrogens (tertiary/aromatic N) is 1. The van der Waals surface area contributed by atoms with Gasteiger partial charge in [0, 0.05) is 5.56 Å². The van der Waals surface area contributed by atoms with Gasteiger partial charge < -0.3 is 0 Å². The van der Waals surface area contributed by atoms with Gasteiger partial charge in [-0.1, -0.05) is 31.4 Å². The number of rotatable bonds is 1. The van der Waals surface area contributed by atoms with E-state index in [0.717, 1.165) is 25.7 Å². The number of hydrogen-bond acceptors (Lipinski definition) is 3. The normalized spacial score (nSPS) is 30.6. The summed E-state index contributed by atoms with van der Waals surface area (Å²) in [6.07, 6.45) is 5.25. The molecule has 1 N–H and O–H groups in total. The topological polar surface area (TPSA) is 58.5 Å². The van der Waals surface area contributed by atoms with Crippen LogP contribution in [0.4, 0.5) is 0 Å². The van der Waals surface area contributed by atoms with Gasteiger partial charge in [-0.3, -0.25) is 9.71 Å². The first-order chi connectivity index (χ1) is 9.58. The van der Waals surface area contributed by atoms with Crippen molar-refractivity contribution in [2.75, 3.05) is 0 Å². The molecule has 1 aliphatic heterocycles. The van der Waals surface area contributed by atoms with E-state index in [4.69, 9.17) is 11.6 Å². The van der Waals surface area contributed by atoms with E-state index in [2.05, 4.69) is 9.71 Å². The van der Waals surface area contributed by atoms with Crippen LogP contribution >= 0.6 is 11.6 Å². The zero-order valence-corrected chi connectivity index (χ0v) is 12.6. The quantitative estimate of drug-likeness (QED) is 0.640. The number of nitrogens with one attached hydrogen (secondary N) is 1. The third-order valence-corrected chi connectivity index (χ3v) is 5.76. The smallest absolute Gasteiger partial charge is 0.263 e. The van der Waals surface area contributed by atoms with Crippen molar-refractivity contribution in [1.82, 2.24) is 4.72 Å². The number of aliphatic imine (C=N–C) groups is 1. The summed E-state index contributed by atoms with van der Waals surface area (Å²) in [5.74, 6) is 0.443. The molecule has 1 fully saturated rings. The van der Waals surface area contributed by atoms with E-state index >= 15 is 0 Å². The van der Waals surface area contributed by atoms with Crippen LogP contribution in [0, 0.1) is 0 Å². The summed E-state index contributed by atoms with van der Waals surface area (Å²) in [5.41, 5.74) is 0.653. The highest BCUT2D eigenvalue weighted by Crippen LogP contribution is 2.27. The van der Waals surface area contributed by atoms with Crippen LogP contribution in [0.2, 0.25) is 0 Å². The standard InChI is InChI=1S/C14H17ClN2O2S/c15-11-7-2-1-3-8-12(11)16-14-10-6-4-5-9-13(10)20(18,19)17-14/h4-6,9,11-12H,1-3,7-8H2,(H,16,17). The van der Waals surface area contributed by atoms with Gasteiger partial charge >= 0.3 is 0 Å². The van der Waals surface area contributed by atoms with E-state index < -0.39 is 10.0 Å². The second kappa shape index (κ2) is 5.37. The zero-order valence-electron chi connectivity index (χ0n) is 11.0. The minimum atomic E-state index is -3.46. The van der Waals surface area contributed by atoms with Crippen LogP contribution < -0.4 is 4.72 Å². The van der Waals surface area contributed by atoms with Gasteiger partial charge in [-0.25, -0.2) is 8.42 Å². The lowest BCUT2D eigenvalue weighted by molar-refractivity contribution is 0.588. The molecule has 1 saturated carbocycles. The van der Waals surface area contributed by atoms with Crippen LogP contribution in [0.5, 0.6) is 0 Å². The molecule has 20 heavy (non-hydrogen) atoms. The molecule has 1 aromatic rings. The van der Waals surface area contributed by atoms with Crippen molar-refractivity contribution in [2.45, 2.75) is 48.4 Å². The molecular formula is C14H17ClN2O2S. The van der Waals surface area contributed by atoms with Gasteiger partial charge in [-0.15, -0.1) is 11.6 Å². The second-order valence-electron chi connectivity index (χ2n) is 5.30. The van der Waals surface area contributed by atoms with Crippen LogP contribution in [0.25, 0.3) is 0 Å². The molecule has 0 radical (unpaired) electrons. The third kappa shape index (κ3) is 2.56. The molecule has 6 heteroatoms. The minimum absolute atomic E-state index is 0.0111. The monoisotopic (exact) mass is 312 g/mol. The van der Waals surface area contributed by atoms with Crippen LogP contribution in [0.15, 0.2) is 34.2 Å². The van der Waals surface area contributed by atoms with Crippen molar-refractivity contribution >= 4 is 27.5 Å². The van der Waals surface area contributed by atoms with Crippen molar-refractivity contribution in [3.63, 3.8) is 0 Å². The molecule has 2 atom stereocenters. The Morgan fingerprint density at radius 2 is 1.90 bits per heavy atom. The summed E-state index contributed by atoms with van der Waals surface area (Å²) in [7, 11) is -3.46. The molecule has 3 rings (SSSR count). The Balaban J connectivity index is 1.97. The fourth-order valence-electron chi connectivity index (χ4n) is 2.78. The fourth-order valence-corrected chi connectivity index (χ4v) is 4.36. The average molecular weight is 313 g/mol. The van der Waals surface area contributed by atoms with Gasteiger partial charge in [0.05, 0.1) is 16.3 Å². The highest BCUT2D eigenvalue weighted by atomic mass is 35.5. The Bertz CT molecular complexity index is 642. The second-order valence-corrected chi connectivity index (χ2v) is 7.51. The van der Waals surface area contributed by atoms with Gasteiger partial charge in [-0.05, 0) is 25.0 Å². The van der Waals surface area contributed by atoms with Crippen molar-refractivity contribution < 1.29 is 8.42 Å². The summed E-state index contributed by atoms with van der Waals surface area (Å²) < 4.78 is 26.6. The van der Waals surface area contributed by atoms with Gasteiger partial charge in [0.15, 0.2) is 0 Å². The van der Waals surface area contributed by atoms with Gasteiger partial charge in [0.25, 0.3) is 10.0 Å². The Labute approximate surface area is 124 Å². The first-order valence-electron chi connectivity index (χ1n) is 6.92. The molecule has 0 amide bonds. The molecule has 1 aliphatic carbocycles. The molecule has 0 saturated heterocycles. The van der Waals surface area contributed by atoms with E-state index in [9.17, 15) is 8.42 Å². The largest absolute Gasteiger partial charge is 0.263 e. The van der Waals surface area contributed by atoms with Crippen LogP contribution in [0.1, 0.15) is 37.7 Å². The lowest BCUT2D eigenvalue weighted by atomic mass is 10.1. The summed E-state index contributed by atoms with van der Waals surface area (Å²) in [5, 5.41) is -0.0118. The number of alkyl halides is 1.